The highest BCUT2D eigenvalue weighted by molar-refractivity contribution is 7.86. The van der Waals surface area contributed by atoms with Crippen molar-refractivity contribution in [2.45, 2.75) is 23.6 Å². The van der Waals surface area contributed by atoms with Crippen LogP contribution in [0.4, 0.5) is 28.4 Å². The molecule has 0 saturated carbocycles. The van der Waals surface area contributed by atoms with E-state index < -0.39 is 41.5 Å². The van der Waals surface area contributed by atoms with Crippen LogP contribution in [0, 0.1) is 13.8 Å². The van der Waals surface area contributed by atoms with Crippen molar-refractivity contribution in [3.63, 3.8) is 0 Å². The Kier molecular flexibility index (Phi) is 7.81. The Morgan fingerprint density at radius 1 is 0.636 bits per heavy atom. The van der Waals surface area contributed by atoms with E-state index in [9.17, 15) is 36.2 Å². The maximum atomic E-state index is 12.2. The lowest BCUT2D eigenvalue weighted by Crippen LogP contribution is -2.02. The Hall–Kier alpha value is -4.96. The van der Waals surface area contributed by atoms with Crippen LogP contribution < -0.4 is 5.32 Å². The van der Waals surface area contributed by atoms with Crippen LogP contribution in [0.25, 0.3) is 21.5 Å². The molecule has 5 rings (SSSR count). The van der Waals surface area contributed by atoms with Crippen molar-refractivity contribution >= 4 is 70.2 Å². The maximum Gasteiger partial charge on any atom is 0.296 e. The zero-order chi connectivity index (χ0) is 32.0. The molecule has 0 amide bonds. The molecule has 5 N–H and O–H groups in total. The average molecular weight is 636 g/mol. The number of hydrogen-bond acceptors (Lipinski definition) is 11. The first-order valence-electron chi connectivity index (χ1n) is 12.8. The lowest BCUT2D eigenvalue weighted by atomic mass is 10.0. The molecule has 15 heteroatoms. The molecule has 0 bridgehead atoms. The molecule has 0 aliphatic carbocycles. The Balaban J connectivity index is 1.77. The van der Waals surface area contributed by atoms with Gasteiger partial charge < -0.3 is 15.5 Å². The van der Waals surface area contributed by atoms with Crippen LogP contribution in [-0.4, -0.2) is 43.2 Å². The summed E-state index contributed by atoms with van der Waals surface area (Å²) in [5, 5.41) is 41.7. The average Bonchev–Trinajstić information content (AvgIpc) is 2.96. The Morgan fingerprint density at radius 2 is 1.25 bits per heavy atom. The zero-order valence-electron chi connectivity index (χ0n) is 23.4. The van der Waals surface area contributed by atoms with E-state index in [1.165, 1.54) is 32.2 Å². The van der Waals surface area contributed by atoms with Gasteiger partial charge in [0.1, 0.15) is 26.9 Å². The number of anilines is 2. The zero-order valence-corrected chi connectivity index (χ0v) is 25.0. The summed E-state index contributed by atoms with van der Waals surface area (Å²) < 4.78 is 68.2. The van der Waals surface area contributed by atoms with Crippen LogP contribution in [0.15, 0.2) is 97.0 Å². The maximum absolute atomic E-state index is 12.2. The van der Waals surface area contributed by atoms with Gasteiger partial charge in [0.25, 0.3) is 20.2 Å². The topological polar surface area (TPSA) is 211 Å². The summed E-state index contributed by atoms with van der Waals surface area (Å²) in [4.78, 5) is -1.16. The molecule has 0 aliphatic heterocycles. The van der Waals surface area contributed by atoms with E-state index in [1.807, 2.05) is 6.07 Å². The third-order valence-electron chi connectivity index (χ3n) is 7.01. The number of phenolic OH excluding ortho intramolecular Hbond substituents is 2. The van der Waals surface area contributed by atoms with Crippen LogP contribution in [0.5, 0.6) is 11.5 Å². The van der Waals surface area contributed by atoms with Gasteiger partial charge in [0.2, 0.25) is 0 Å². The van der Waals surface area contributed by atoms with Crippen LogP contribution in [-0.2, 0) is 20.2 Å². The number of aryl methyl sites for hydroxylation is 1. The predicted molar refractivity (Wildman–Crippen MR) is 165 cm³/mol. The molecule has 0 unspecified atom stereocenters. The molecule has 0 aromatic heterocycles. The monoisotopic (exact) mass is 635 g/mol. The van der Waals surface area contributed by atoms with Gasteiger partial charge in [-0.3, -0.25) is 9.11 Å². The number of phenols is 2. The number of hydrogen-bond donors (Lipinski definition) is 5. The fourth-order valence-electron chi connectivity index (χ4n) is 4.83. The lowest BCUT2D eigenvalue weighted by molar-refractivity contribution is 0.466. The molecule has 0 aliphatic rings. The van der Waals surface area contributed by atoms with Crippen LogP contribution in [0.1, 0.15) is 11.1 Å². The molecule has 13 nitrogen and oxygen atoms in total. The molecular formula is C29H25N5O8S2. The van der Waals surface area contributed by atoms with Gasteiger partial charge in [-0.05, 0) is 73.3 Å². The second kappa shape index (κ2) is 11.3. The van der Waals surface area contributed by atoms with Crippen molar-refractivity contribution in [1.82, 2.24) is 0 Å². The molecule has 0 atom stereocenters. The fourth-order valence-corrected chi connectivity index (χ4v) is 6.23. The standard InChI is InChI=1S/C29H25N5O8S2/c1-15-20-13-25(44(40,41)42)27(33-30-3)29(36)18(20)9-11-22(15)32-34-26-21-14-24(43(37,38)39)16(2)28(35)19(21)10-12-23(26)31-17-7-5-4-6-8-17/h4-14,31,35-36H,1-3H3,(H,37,38,39)(H,40,41,42). The predicted octanol–water partition coefficient (Wildman–Crippen LogP) is 7.39. The van der Waals surface area contributed by atoms with Crippen molar-refractivity contribution in [3.8, 4) is 11.5 Å². The number of nitrogens with zero attached hydrogens (tertiary/aromatic N) is 4. The highest BCUT2D eigenvalue weighted by atomic mass is 32.2. The lowest BCUT2D eigenvalue weighted by Gasteiger charge is -2.15. The molecule has 5 aromatic carbocycles. The van der Waals surface area contributed by atoms with Gasteiger partial charge in [0.15, 0.2) is 5.75 Å². The smallest absolute Gasteiger partial charge is 0.296 e. The minimum atomic E-state index is -4.81. The Labute approximate surface area is 251 Å². The number of benzene rings is 5. The SMILES string of the molecule is CN=Nc1c(S(=O)(=O)O)cc2c(C)c(N=Nc3c(Nc4ccccc4)ccc4c(O)c(C)c(S(=O)(=O)O)cc34)ccc2c1O. The van der Waals surface area contributed by atoms with Crippen molar-refractivity contribution in [3.05, 3.63) is 77.9 Å². The largest absolute Gasteiger partial charge is 0.507 e. The van der Waals surface area contributed by atoms with Crippen molar-refractivity contribution in [1.29, 1.82) is 0 Å². The molecule has 0 fully saturated rings. The third-order valence-corrected chi connectivity index (χ3v) is 8.86. The van der Waals surface area contributed by atoms with E-state index >= 15 is 0 Å². The molecule has 226 valence electrons. The normalized spacial score (nSPS) is 12.6. The summed E-state index contributed by atoms with van der Waals surface area (Å²) in [6.07, 6.45) is 0. The molecular weight excluding hydrogens is 610 g/mol. The summed E-state index contributed by atoms with van der Waals surface area (Å²) in [6.45, 7) is 2.96. The van der Waals surface area contributed by atoms with E-state index in [4.69, 9.17) is 0 Å². The molecule has 0 saturated heterocycles. The third kappa shape index (κ3) is 5.56. The number of azo groups is 2. The van der Waals surface area contributed by atoms with Crippen molar-refractivity contribution < 1.29 is 36.2 Å². The van der Waals surface area contributed by atoms with Gasteiger partial charge in [-0.2, -0.15) is 32.2 Å². The quantitative estimate of drug-likeness (QED) is 0.0890. The summed E-state index contributed by atoms with van der Waals surface area (Å²) in [5.41, 5.74) is 1.31. The first-order valence-corrected chi connectivity index (χ1v) is 15.7. The van der Waals surface area contributed by atoms with E-state index in [-0.39, 0.29) is 44.2 Å². The number of rotatable bonds is 7. The van der Waals surface area contributed by atoms with Crippen molar-refractivity contribution in [2.75, 3.05) is 12.4 Å². The number of fused-ring (bicyclic) bond motifs is 2. The van der Waals surface area contributed by atoms with Gasteiger partial charge in [0, 0.05) is 34.5 Å². The first-order chi connectivity index (χ1) is 20.7. The highest BCUT2D eigenvalue weighted by Crippen LogP contribution is 2.45. The Bertz CT molecular complexity index is 2250. The van der Waals surface area contributed by atoms with E-state index in [0.29, 0.717) is 16.9 Å². The van der Waals surface area contributed by atoms with Crippen molar-refractivity contribution in [2.24, 2.45) is 20.5 Å². The van der Waals surface area contributed by atoms with Crippen LogP contribution in [0.2, 0.25) is 0 Å². The summed E-state index contributed by atoms with van der Waals surface area (Å²) in [7, 11) is -8.25. The van der Waals surface area contributed by atoms with Gasteiger partial charge >= 0.3 is 0 Å². The highest BCUT2D eigenvalue weighted by Gasteiger charge is 2.24. The Morgan fingerprint density at radius 3 is 1.89 bits per heavy atom. The van der Waals surface area contributed by atoms with Crippen LogP contribution in [0.3, 0.4) is 0 Å². The molecule has 0 spiro atoms. The minimum Gasteiger partial charge on any atom is -0.507 e. The molecule has 0 radical (unpaired) electrons. The number of para-hydroxylation sites is 1. The van der Waals surface area contributed by atoms with E-state index in [0.717, 1.165) is 6.07 Å². The van der Waals surface area contributed by atoms with Gasteiger partial charge in [-0.1, -0.05) is 18.2 Å². The number of nitrogens with one attached hydrogen (secondary N) is 1. The number of aromatic hydroxyl groups is 2. The summed E-state index contributed by atoms with van der Waals surface area (Å²) in [6, 6.07) is 17.5. The first kappa shape index (κ1) is 30.5. The van der Waals surface area contributed by atoms with Gasteiger partial charge in [-0.25, -0.2) is 0 Å². The molecule has 5 aromatic rings. The summed E-state index contributed by atoms with van der Waals surface area (Å²) >= 11 is 0. The fraction of sp³-hybridized carbons (Fsp3) is 0.103. The van der Waals surface area contributed by atoms with E-state index in [1.54, 1.807) is 43.3 Å². The van der Waals surface area contributed by atoms with Crippen LogP contribution >= 0.6 is 0 Å². The van der Waals surface area contributed by atoms with Gasteiger partial charge in [0.05, 0.1) is 11.4 Å². The molecule has 0 heterocycles. The molecule has 44 heavy (non-hydrogen) atoms. The van der Waals surface area contributed by atoms with E-state index in [2.05, 4.69) is 25.8 Å². The minimum absolute atomic E-state index is 0.0477. The van der Waals surface area contributed by atoms with Gasteiger partial charge in [-0.15, -0.1) is 5.11 Å². The second-order valence-corrected chi connectivity index (χ2v) is 12.5. The summed E-state index contributed by atoms with van der Waals surface area (Å²) in [5.74, 6) is -0.882. The second-order valence-electron chi connectivity index (χ2n) is 9.72.